The van der Waals surface area contributed by atoms with Crippen LogP contribution in [0.3, 0.4) is 0 Å². The van der Waals surface area contributed by atoms with Gasteiger partial charge in [-0.15, -0.1) is 0 Å². The summed E-state index contributed by atoms with van der Waals surface area (Å²) in [5.74, 6) is -0.576. The predicted octanol–water partition coefficient (Wildman–Crippen LogP) is 1.20. The van der Waals surface area contributed by atoms with Crippen LogP contribution < -0.4 is 5.32 Å². The number of nitrogens with one attached hydrogen (secondary N) is 1. The fourth-order valence-electron chi connectivity index (χ4n) is 2.42. The Labute approximate surface area is 140 Å². The van der Waals surface area contributed by atoms with E-state index in [1.807, 2.05) is 19.0 Å². The smallest absolute Gasteiger partial charge is 0.354 e. The highest BCUT2D eigenvalue weighted by Crippen LogP contribution is 2.24. The van der Waals surface area contributed by atoms with Crippen molar-refractivity contribution in [3.05, 3.63) is 30.0 Å². The lowest BCUT2D eigenvalue weighted by Gasteiger charge is -2.13. The first-order chi connectivity index (χ1) is 11.4. The zero-order valence-electron chi connectivity index (χ0n) is 14.2. The fraction of sp³-hybridized carbons (Fsp3) is 0.412. The average Bonchev–Trinajstić information content (AvgIpc) is 2.85. The number of phenols is 1. The van der Waals surface area contributed by atoms with Gasteiger partial charge in [-0.1, -0.05) is 0 Å². The normalized spacial score (nSPS) is 11.0. The molecule has 0 saturated carbocycles. The van der Waals surface area contributed by atoms with Gasteiger partial charge in [-0.3, -0.25) is 4.79 Å². The van der Waals surface area contributed by atoms with Crippen molar-refractivity contribution in [1.29, 1.82) is 0 Å². The Morgan fingerprint density at radius 2 is 2.04 bits per heavy atom. The molecule has 0 bridgehead atoms. The van der Waals surface area contributed by atoms with E-state index >= 15 is 0 Å². The second kappa shape index (κ2) is 7.83. The molecule has 2 rings (SSSR count). The topological polar surface area (TPSA) is 83.8 Å². The Bertz CT molecular complexity index is 737. The first-order valence-corrected chi connectivity index (χ1v) is 7.83. The van der Waals surface area contributed by atoms with Crippen LogP contribution in [0.2, 0.25) is 0 Å². The lowest BCUT2D eigenvalue weighted by Crippen LogP contribution is -2.34. The second-order valence-electron chi connectivity index (χ2n) is 5.73. The van der Waals surface area contributed by atoms with Crippen molar-refractivity contribution in [2.75, 3.05) is 33.8 Å². The Morgan fingerprint density at radius 1 is 1.29 bits per heavy atom. The number of nitrogens with zero attached hydrogens (tertiary/aromatic N) is 2. The Hall–Kier alpha value is -2.54. The molecule has 0 fully saturated rings. The van der Waals surface area contributed by atoms with E-state index in [2.05, 4.69) is 5.32 Å². The molecule has 7 heteroatoms. The molecule has 0 aliphatic rings. The van der Waals surface area contributed by atoms with Crippen LogP contribution in [0.25, 0.3) is 10.9 Å². The van der Waals surface area contributed by atoms with Gasteiger partial charge < -0.3 is 24.6 Å². The summed E-state index contributed by atoms with van der Waals surface area (Å²) >= 11 is 0. The minimum Gasteiger partial charge on any atom is -0.508 e. The molecule has 2 N–H and O–H groups in total. The van der Waals surface area contributed by atoms with Crippen LogP contribution in [-0.4, -0.2) is 60.2 Å². The van der Waals surface area contributed by atoms with E-state index in [0.717, 1.165) is 6.54 Å². The Morgan fingerprint density at radius 3 is 2.71 bits per heavy atom. The highest BCUT2D eigenvalue weighted by atomic mass is 16.5. The highest BCUT2D eigenvalue weighted by molar-refractivity contribution is 5.97. The molecule has 2 aromatic rings. The van der Waals surface area contributed by atoms with Gasteiger partial charge in [0, 0.05) is 24.0 Å². The van der Waals surface area contributed by atoms with Crippen LogP contribution in [0.5, 0.6) is 5.75 Å². The fourth-order valence-corrected chi connectivity index (χ4v) is 2.42. The number of rotatable bonds is 7. The van der Waals surface area contributed by atoms with Crippen LogP contribution in [0.4, 0.5) is 0 Å². The molecule has 0 saturated heterocycles. The van der Waals surface area contributed by atoms with Crippen LogP contribution in [0.1, 0.15) is 17.4 Å². The summed E-state index contributed by atoms with van der Waals surface area (Å²) in [6.07, 6.45) is 0. The summed E-state index contributed by atoms with van der Waals surface area (Å²) < 4.78 is 6.67. The van der Waals surface area contributed by atoms with Crippen molar-refractivity contribution in [3.8, 4) is 5.75 Å². The molecule has 0 aliphatic heterocycles. The summed E-state index contributed by atoms with van der Waals surface area (Å²) in [6, 6.07) is 6.39. The number of benzene rings is 1. The molecule has 0 aliphatic carbocycles. The molecule has 1 amide bonds. The third-order valence-corrected chi connectivity index (χ3v) is 3.55. The van der Waals surface area contributed by atoms with Gasteiger partial charge in [0.15, 0.2) is 0 Å². The first kappa shape index (κ1) is 17.8. The number of phenolic OH excluding ortho intramolecular Hbond substituents is 1. The number of fused-ring (bicyclic) bond motifs is 1. The number of carbonyl (C=O) groups is 2. The molecule has 1 aromatic heterocycles. The van der Waals surface area contributed by atoms with Crippen molar-refractivity contribution in [1.82, 2.24) is 14.8 Å². The van der Waals surface area contributed by atoms with E-state index in [0.29, 0.717) is 23.1 Å². The minimum absolute atomic E-state index is 0.00977. The van der Waals surface area contributed by atoms with E-state index in [1.165, 1.54) is 6.07 Å². The molecule has 1 heterocycles. The van der Waals surface area contributed by atoms with Crippen LogP contribution >= 0.6 is 0 Å². The summed E-state index contributed by atoms with van der Waals surface area (Å²) in [4.78, 5) is 26.3. The van der Waals surface area contributed by atoms with E-state index < -0.39 is 5.97 Å². The van der Waals surface area contributed by atoms with Crippen LogP contribution in [0.15, 0.2) is 24.3 Å². The number of esters is 1. The van der Waals surface area contributed by atoms with Crippen LogP contribution in [-0.2, 0) is 16.1 Å². The standard InChI is InChI=1S/C17H23N3O4/c1-4-24-17(23)15-10-12-9-13(21)5-6-14(12)20(15)11-16(22)18-7-8-19(2)3/h5-6,9-10,21H,4,7-8,11H2,1-3H3,(H,18,22). The molecule has 7 nitrogen and oxygen atoms in total. The molecule has 1 aromatic carbocycles. The number of likely N-dealkylation sites (N-methyl/N-ethyl adjacent to an activating group) is 1. The number of aromatic nitrogens is 1. The number of hydrogen-bond donors (Lipinski definition) is 2. The van der Waals surface area contributed by atoms with Crippen molar-refractivity contribution < 1.29 is 19.4 Å². The van der Waals surface area contributed by atoms with Crippen molar-refractivity contribution in [2.45, 2.75) is 13.5 Å². The maximum Gasteiger partial charge on any atom is 0.354 e. The molecule has 130 valence electrons. The third kappa shape index (κ3) is 4.26. The van der Waals surface area contributed by atoms with E-state index in [1.54, 1.807) is 29.7 Å². The average molecular weight is 333 g/mol. The third-order valence-electron chi connectivity index (χ3n) is 3.55. The molecule has 0 atom stereocenters. The molecule has 0 radical (unpaired) electrons. The van der Waals surface area contributed by atoms with E-state index in [9.17, 15) is 14.7 Å². The van der Waals surface area contributed by atoms with Gasteiger partial charge in [0.2, 0.25) is 5.91 Å². The molecule has 0 unspecified atom stereocenters. The molecular weight excluding hydrogens is 310 g/mol. The maximum atomic E-state index is 12.2. The zero-order chi connectivity index (χ0) is 17.7. The zero-order valence-corrected chi connectivity index (χ0v) is 14.2. The summed E-state index contributed by atoms with van der Waals surface area (Å²) in [5.41, 5.74) is 0.985. The van der Waals surface area contributed by atoms with Gasteiger partial charge >= 0.3 is 5.97 Å². The van der Waals surface area contributed by atoms with Gasteiger partial charge in [0.25, 0.3) is 0 Å². The number of carbonyl (C=O) groups excluding carboxylic acids is 2. The predicted molar refractivity (Wildman–Crippen MR) is 91.1 cm³/mol. The van der Waals surface area contributed by atoms with Gasteiger partial charge in [0.1, 0.15) is 18.0 Å². The molecule has 24 heavy (non-hydrogen) atoms. The Balaban J connectivity index is 2.27. The largest absolute Gasteiger partial charge is 0.508 e. The SMILES string of the molecule is CCOC(=O)c1cc2cc(O)ccc2n1CC(=O)NCCN(C)C. The van der Waals surface area contributed by atoms with Crippen LogP contribution in [0, 0.1) is 0 Å². The van der Waals surface area contributed by atoms with Gasteiger partial charge in [-0.2, -0.15) is 0 Å². The van der Waals surface area contributed by atoms with Gasteiger partial charge in [0.05, 0.1) is 6.61 Å². The van der Waals surface area contributed by atoms with E-state index in [-0.39, 0.29) is 24.8 Å². The van der Waals surface area contributed by atoms with Crippen molar-refractivity contribution in [2.24, 2.45) is 0 Å². The highest BCUT2D eigenvalue weighted by Gasteiger charge is 2.18. The summed E-state index contributed by atoms with van der Waals surface area (Å²) in [7, 11) is 3.86. The maximum absolute atomic E-state index is 12.2. The quantitative estimate of drug-likeness (QED) is 0.744. The van der Waals surface area contributed by atoms with Gasteiger partial charge in [-0.05, 0) is 45.3 Å². The van der Waals surface area contributed by atoms with Gasteiger partial charge in [-0.25, -0.2) is 4.79 Å². The molecular formula is C17H23N3O4. The lowest BCUT2D eigenvalue weighted by molar-refractivity contribution is -0.121. The molecule has 0 spiro atoms. The summed E-state index contributed by atoms with van der Waals surface area (Å²) in [5, 5.41) is 13.1. The van der Waals surface area contributed by atoms with Crippen molar-refractivity contribution in [3.63, 3.8) is 0 Å². The first-order valence-electron chi connectivity index (χ1n) is 7.83. The van der Waals surface area contributed by atoms with E-state index in [4.69, 9.17) is 4.74 Å². The number of ether oxygens (including phenoxy) is 1. The monoisotopic (exact) mass is 333 g/mol. The number of aromatic hydroxyl groups is 1. The lowest BCUT2D eigenvalue weighted by atomic mass is 10.2. The Kier molecular flexibility index (Phi) is 5.81. The summed E-state index contributed by atoms with van der Waals surface area (Å²) in [6.45, 7) is 3.25. The van der Waals surface area contributed by atoms with Crippen molar-refractivity contribution >= 4 is 22.8 Å². The number of amides is 1. The second-order valence-corrected chi connectivity index (χ2v) is 5.73. The number of hydrogen-bond acceptors (Lipinski definition) is 5. The minimum atomic E-state index is -0.491.